The molecule has 0 atom stereocenters. The summed E-state index contributed by atoms with van der Waals surface area (Å²) in [5.74, 6) is 0.947. The topological polar surface area (TPSA) is 51.0 Å². The van der Waals surface area contributed by atoms with Gasteiger partial charge in [-0.3, -0.25) is 0 Å². The van der Waals surface area contributed by atoms with Gasteiger partial charge in [-0.2, -0.15) is 0 Å². The third-order valence-electron chi connectivity index (χ3n) is 3.80. The van der Waals surface area contributed by atoms with Crippen molar-refractivity contribution in [2.45, 2.75) is 34.2 Å². The van der Waals surface area contributed by atoms with Gasteiger partial charge in [0.25, 0.3) is 0 Å². The van der Waals surface area contributed by atoms with E-state index in [1.54, 1.807) is 7.11 Å². The highest BCUT2D eigenvalue weighted by Gasteiger charge is 2.16. The number of aromatic amines is 1. The maximum Gasteiger partial charge on any atom is 0.131 e. The van der Waals surface area contributed by atoms with Crippen molar-refractivity contribution in [3.63, 3.8) is 0 Å². The fourth-order valence-corrected chi connectivity index (χ4v) is 2.59. The number of nitrogens with one attached hydrogen (secondary N) is 1. The summed E-state index contributed by atoms with van der Waals surface area (Å²) < 4.78 is 5.62. The van der Waals surface area contributed by atoms with E-state index in [1.165, 1.54) is 16.7 Å². The molecule has 0 saturated carbocycles. The summed E-state index contributed by atoms with van der Waals surface area (Å²) in [4.78, 5) is 3.41. The van der Waals surface area contributed by atoms with Crippen LogP contribution in [0.15, 0.2) is 12.1 Å². The van der Waals surface area contributed by atoms with Crippen LogP contribution < -0.4 is 10.5 Å². The molecular weight excluding hydrogens is 236 g/mol. The van der Waals surface area contributed by atoms with Gasteiger partial charge in [0, 0.05) is 23.5 Å². The summed E-state index contributed by atoms with van der Waals surface area (Å²) in [7, 11) is 1.73. The number of aromatic nitrogens is 1. The number of ether oxygens (including phenoxy) is 1. The molecule has 0 aliphatic carbocycles. The van der Waals surface area contributed by atoms with Gasteiger partial charge in [-0.05, 0) is 56.0 Å². The molecule has 0 bridgehead atoms. The van der Waals surface area contributed by atoms with Crippen LogP contribution in [0.1, 0.15) is 27.9 Å². The van der Waals surface area contributed by atoms with Gasteiger partial charge >= 0.3 is 0 Å². The highest BCUT2D eigenvalue weighted by atomic mass is 16.5. The first kappa shape index (κ1) is 13.7. The van der Waals surface area contributed by atoms with E-state index >= 15 is 0 Å². The van der Waals surface area contributed by atoms with E-state index in [9.17, 15) is 0 Å². The molecule has 3 nitrogen and oxygen atoms in total. The monoisotopic (exact) mass is 258 g/mol. The first-order chi connectivity index (χ1) is 8.99. The molecule has 1 heterocycles. The quantitative estimate of drug-likeness (QED) is 0.886. The maximum absolute atomic E-state index is 5.75. The van der Waals surface area contributed by atoms with Crippen LogP contribution in [0.3, 0.4) is 0 Å². The fourth-order valence-electron chi connectivity index (χ4n) is 2.59. The van der Waals surface area contributed by atoms with Crippen LogP contribution in [-0.4, -0.2) is 12.1 Å². The SMILES string of the molecule is COc1c(C)c(C)cc(C)c1-c1cc(CN)c(C)[nH]1. The minimum Gasteiger partial charge on any atom is -0.496 e. The molecule has 2 aromatic rings. The molecule has 0 amide bonds. The second kappa shape index (κ2) is 5.10. The summed E-state index contributed by atoms with van der Waals surface area (Å²) in [6.07, 6.45) is 0. The number of benzene rings is 1. The number of hydrogen-bond acceptors (Lipinski definition) is 2. The van der Waals surface area contributed by atoms with Crippen molar-refractivity contribution < 1.29 is 4.74 Å². The molecule has 0 unspecified atom stereocenters. The number of rotatable bonds is 3. The minimum absolute atomic E-state index is 0.550. The van der Waals surface area contributed by atoms with E-state index < -0.39 is 0 Å². The summed E-state index contributed by atoms with van der Waals surface area (Å²) >= 11 is 0. The lowest BCUT2D eigenvalue weighted by Gasteiger charge is -2.15. The van der Waals surface area contributed by atoms with Crippen LogP contribution in [0.25, 0.3) is 11.3 Å². The van der Waals surface area contributed by atoms with Crippen LogP contribution in [0.5, 0.6) is 5.75 Å². The molecule has 0 fully saturated rings. The molecule has 0 aliphatic rings. The number of nitrogens with two attached hydrogens (primary N) is 1. The number of hydrogen-bond donors (Lipinski definition) is 2. The molecule has 1 aromatic carbocycles. The Kier molecular flexibility index (Phi) is 3.67. The Morgan fingerprint density at radius 1 is 1.11 bits per heavy atom. The van der Waals surface area contributed by atoms with Crippen molar-refractivity contribution >= 4 is 0 Å². The molecular formula is C16H22N2O. The third-order valence-corrected chi connectivity index (χ3v) is 3.80. The summed E-state index contributed by atoms with van der Waals surface area (Å²) in [5.41, 5.74) is 13.9. The van der Waals surface area contributed by atoms with Gasteiger partial charge in [-0.1, -0.05) is 6.07 Å². The van der Waals surface area contributed by atoms with Crippen LogP contribution >= 0.6 is 0 Å². The smallest absolute Gasteiger partial charge is 0.131 e. The predicted molar refractivity (Wildman–Crippen MR) is 79.6 cm³/mol. The van der Waals surface area contributed by atoms with Gasteiger partial charge in [0.2, 0.25) is 0 Å². The average Bonchev–Trinajstić information content (AvgIpc) is 2.74. The van der Waals surface area contributed by atoms with Gasteiger partial charge in [0.1, 0.15) is 5.75 Å². The van der Waals surface area contributed by atoms with Gasteiger partial charge in [-0.15, -0.1) is 0 Å². The predicted octanol–water partition coefficient (Wildman–Crippen LogP) is 3.38. The zero-order valence-electron chi connectivity index (χ0n) is 12.3. The van der Waals surface area contributed by atoms with Gasteiger partial charge in [0.05, 0.1) is 7.11 Å². The summed E-state index contributed by atoms with van der Waals surface area (Å²) in [6, 6.07) is 4.32. The zero-order valence-corrected chi connectivity index (χ0v) is 12.3. The molecule has 2 rings (SSSR count). The first-order valence-electron chi connectivity index (χ1n) is 6.53. The van der Waals surface area contributed by atoms with E-state index in [4.69, 9.17) is 10.5 Å². The van der Waals surface area contributed by atoms with Crippen LogP contribution in [-0.2, 0) is 6.54 Å². The van der Waals surface area contributed by atoms with E-state index in [-0.39, 0.29) is 0 Å². The molecule has 3 N–H and O–H groups in total. The third kappa shape index (κ3) is 2.26. The first-order valence-corrected chi connectivity index (χ1v) is 6.53. The lowest BCUT2D eigenvalue weighted by Crippen LogP contribution is -1.97. The van der Waals surface area contributed by atoms with Crippen molar-refractivity contribution in [2.75, 3.05) is 7.11 Å². The van der Waals surface area contributed by atoms with Crippen molar-refractivity contribution in [3.8, 4) is 17.0 Å². The zero-order chi connectivity index (χ0) is 14.2. The van der Waals surface area contributed by atoms with E-state index in [0.29, 0.717) is 6.54 Å². The minimum atomic E-state index is 0.550. The Morgan fingerprint density at radius 2 is 1.79 bits per heavy atom. The normalized spacial score (nSPS) is 10.8. The lowest BCUT2D eigenvalue weighted by molar-refractivity contribution is 0.412. The molecule has 1 aromatic heterocycles. The van der Waals surface area contributed by atoms with Gasteiger partial charge < -0.3 is 15.5 Å². The Hall–Kier alpha value is -1.74. The second-order valence-corrected chi connectivity index (χ2v) is 5.08. The molecule has 0 spiro atoms. The highest BCUT2D eigenvalue weighted by molar-refractivity contribution is 5.75. The van der Waals surface area contributed by atoms with Crippen molar-refractivity contribution in [3.05, 3.63) is 40.1 Å². The number of methoxy groups -OCH3 is 1. The van der Waals surface area contributed by atoms with Gasteiger partial charge in [-0.25, -0.2) is 0 Å². The van der Waals surface area contributed by atoms with Crippen molar-refractivity contribution in [2.24, 2.45) is 5.73 Å². The molecule has 0 saturated heterocycles. The van der Waals surface area contributed by atoms with Crippen molar-refractivity contribution in [1.29, 1.82) is 0 Å². The molecule has 102 valence electrons. The Balaban J connectivity index is 2.70. The van der Waals surface area contributed by atoms with Crippen LogP contribution in [0.4, 0.5) is 0 Å². The Labute approximate surface area is 114 Å². The molecule has 19 heavy (non-hydrogen) atoms. The Morgan fingerprint density at radius 3 is 2.32 bits per heavy atom. The number of H-pyrrole nitrogens is 1. The van der Waals surface area contributed by atoms with Gasteiger partial charge in [0.15, 0.2) is 0 Å². The Bertz CT molecular complexity index is 612. The largest absolute Gasteiger partial charge is 0.496 e. The van der Waals surface area contributed by atoms with Crippen LogP contribution in [0, 0.1) is 27.7 Å². The number of aryl methyl sites for hydroxylation is 3. The van der Waals surface area contributed by atoms with E-state index in [1.807, 2.05) is 0 Å². The average molecular weight is 258 g/mol. The van der Waals surface area contributed by atoms with Crippen molar-refractivity contribution in [1.82, 2.24) is 4.98 Å². The van der Waals surface area contributed by atoms with E-state index in [2.05, 4.69) is 44.8 Å². The lowest BCUT2D eigenvalue weighted by atomic mass is 9.97. The molecule has 0 radical (unpaired) electrons. The second-order valence-electron chi connectivity index (χ2n) is 5.08. The molecule has 0 aliphatic heterocycles. The van der Waals surface area contributed by atoms with E-state index in [0.717, 1.165) is 28.3 Å². The molecule has 3 heteroatoms. The standard InChI is InChI=1S/C16H22N2O/c1-9-6-10(2)15(16(19-5)11(9)3)14-7-13(8-17)12(4)18-14/h6-7,18H,8,17H2,1-5H3. The maximum atomic E-state index is 5.75. The highest BCUT2D eigenvalue weighted by Crippen LogP contribution is 2.37. The summed E-state index contributed by atoms with van der Waals surface area (Å²) in [5, 5.41) is 0. The fraction of sp³-hybridized carbons (Fsp3) is 0.375. The van der Waals surface area contributed by atoms with Crippen LogP contribution in [0.2, 0.25) is 0 Å². The summed E-state index contributed by atoms with van der Waals surface area (Å²) in [6.45, 7) is 8.92.